The van der Waals surface area contributed by atoms with Crippen molar-refractivity contribution in [3.8, 4) is 11.5 Å². The summed E-state index contributed by atoms with van der Waals surface area (Å²) < 4.78 is 38.3. The number of rotatable bonds is 4. The molecule has 1 N–H and O–H groups in total. The summed E-state index contributed by atoms with van der Waals surface area (Å²) in [6, 6.07) is 11.5. The number of para-hydroxylation sites is 2. The third-order valence-corrected chi connectivity index (χ3v) is 7.06. The molecule has 2 aliphatic heterocycles. The lowest BCUT2D eigenvalue weighted by atomic mass is 10.2. The normalized spacial score (nSPS) is 19.4. The van der Waals surface area contributed by atoms with E-state index in [0.717, 1.165) is 12.8 Å². The summed E-state index contributed by atoms with van der Waals surface area (Å²) in [5.41, 5.74) is 0.328. The maximum absolute atomic E-state index is 12.8. The summed E-state index contributed by atoms with van der Waals surface area (Å²) in [6.07, 6.45) is 0.811. The third-order valence-electron chi connectivity index (χ3n) is 4.68. The fourth-order valence-corrected chi connectivity index (χ4v) is 5.24. The molecule has 0 unspecified atom stereocenters. The Hall–Kier alpha value is -2.29. The highest BCUT2D eigenvalue weighted by Crippen LogP contribution is 2.32. The molecule has 2 aromatic carbocycles. The zero-order valence-electron chi connectivity index (χ0n) is 14.9. The first-order chi connectivity index (χ1) is 13.4. The highest BCUT2D eigenvalue weighted by atomic mass is 35.5. The van der Waals surface area contributed by atoms with Crippen LogP contribution in [-0.2, 0) is 14.8 Å². The lowest BCUT2D eigenvalue weighted by Gasteiger charge is -2.25. The number of sulfonamides is 1. The Balaban J connectivity index is 1.52. The van der Waals surface area contributed by atoms with Crippen LogP contribution < -0.4 is 14.8 Å². The molecule has 4 rings (SSSR count). The number of anilines is 1. The van der Waals surface area contributed by atoms with Crippen LogP contribution in [0.5, 0.6) is 11.5 Å². The molecule has 9 heteroatoms. The maximum atomic E-state index is 12.8. The Morgan fingerprint density at radius 2 is 1.82 bits per heavy atom. The van der Waals surface area contributed by atoms with Gasteiger partial charge in [0.1, 0.15) is 11.5 Å². The van der Waals surface area contributed by atoms with E-state index in [2.05, 4.69) is 5.32 Å². The van der Waals surface area contributed by atoms with Gasteiger partial charge in [0.2, 0.25) is 16.1 Å². The van der Waals surface area contributed by atoms with Crippen LogP contribution in [0.15, 0.2) is 47.4 Å². The number of nitrogens with zero attached hydrogens (tertiary/aromatic N) is 1. The zero-order valence-corrected chi connectivity index (χ0v) is 16.5. The molecule has 1 fully saturated rings. The van der Waals surface area contributed by atoms with Gasteiger partial charge in [0.25, 0.3) is 5.91 Å². The van der Waals surface area contributed by atoms with Gasteiger partial charge in [-0.2, -0.15) is 4.31 Å². The van der Waals surface area contributed by atoms with Crippen molar-refractivity contribution in [2.24, 2.45) is 0 Å². The highest BCUT2D eigenvalue weighted by Gasteiger charge is 2.31. The summed E-state index contributed by atoms with van der Waals surface area (Å²) >= 11 is 6.14. The van der Waals surface area contributed by atoms with E-state index in [-0.39, 0.29) is 16.5 Å². The lowest BCUT2D eigenvalue weighted by Crippen LogP contribution is -2.40. The van der Waals surface area contributed by atoms with Gasteiger partial charge in [-0.1, -0.05) is 23.7 Å². The fraction of sp³-hybridized carbons (Fsp3) is 0.316. The van der Waals surface area contributed by atoms with Crippen LogP contribution in [-0.4, -0.2) is 44.4 Å². The van der Waals surface area contributed by atoms with Gasteiger partial charge < -0.3 is 14.8 Å². The van der Waals surface area contributed by atoms with E-state index in [4.69, 9.17) is 21.1 Å². The predicted octanol–water partition coefficient (Wildman–Crippen LogP) is 2.90. The summed E-state index contributed by atoms with van der Waals surface area (Å²) in [5.74, 6) is 0.640. The molecular formula is C19H19ClN2O5S. The van der Waals surface area contributed by atoms with Crippen molar-refractivity contribution >= 4 is 33.2 Å². The number of carbonyl (C=O) groups is 1. The maximum Gasteiger partial charge on any atom is 0.269 e. The molecular weight excluding hydrogens is 404 g/mol. The van der Waals surface area contributed by atoms with Gasteiger partial charge in [0.15, 0.2) is 11.5 Å². The molecule has 1 atom stereocenters. The van der Waals surface area contributed by atoms with Gasteiger partial charge in [-0.25, -0.2) is 8.42 Å². The molecule has 0 spiro atoms. The molecule has 0 saturated carbocycles. The third kappa shape index (κ3) is 3.67. The van der Waals surface area contributed by atoms with E-state index in [1.807, 2.05) is 6.07 Å². The molecule has 0 radical (unpaired) electrons. The number of benzene rings is 2. The van der Waals surface area contributed by atoms with Crippen molar-refractivity contribution < 1.29 is 22.7 Å². The smallest absolute Gasteiger partial charge is 0.269 e. The number of ether oxygens (including phenoxy) is 2. The second-order valence-electron chi connectivity index (χ2n) is 6.61. The molecule has 0 bridgehead atoms. The number of halogens is 1. The van der Waals surface area contributed by atoms with Crippen LogP contribution in [0, 0.1) is 0 Å². The Bertz CT molecular complexity index is 1010. The van der Waals surface area contributed by atoms with Crippen molar-refractivity contribution in [1.82, 2.24) is 4.31 Å². The van der Waals surface area contributed by atoms with Crippen LogP contribution in [0.1, 0.15) is 12.8 Å². The second kappa shape index (κ2) is 7.62. The average Bonchev–Trinajstić information content (AvgIpc) is 3.24. The standard InChI is InChI=1S/C19H19ClN2O5S/c20-14-8-7-13(11-18(14)28(24,25)22-9-3-4-10-22)21-19(23)17-12-26-15-5-1-2-6-16(15)27-17/h1-2,5-8,11,17H,3-4,9-10,12H2,(H,21,23)/t17-/m0/s1. The van der Waals surface area contributed by atoms with Gasteiger partial charge in [-0.3, -0.25) is 4.79 Å². The summed E-state index contributed by atoms with van der Waals surface area (Å²) in [7, 11) is -3.70. The van der Waals surface area contributed by atoms with Crippen LogP contribution in [0.3, 0.4) is 0 Å². The number of hydrogen-bond donors (Lipinski definition) is 1. The van der Waals surface area contributed by atoms with Crippen molar-refractivity contribution in [2.75, 3.05) is 25.0 Å². The van der Waals surface area contributed by atoms with Gasteiger partial charge in [0, 0.05) is 18.8 Å². The molecule has 28 heavy (non-hydrogen) atoms. The lowest BCUT2D eigenvalue weighted by molar-refractivity contribution is -0.125. The van der Waals surface area contributed by atoms with Crippen molar-refractivity contribution in [1.29, 1.82) is 0 Å². The van der Waals surface area contributed by atoms with Crippen molar-refractivity contribution in [2.45, 2.75) is 23.8 Å². The molecule has 0 aromatic heterocycles. The Kier molecular flexibility index (Phi) is 5.18. The monoisotopic (exact) mass is 422 g/mol. The fourth-order valence-electron chi connectivity index (χ4n) is 3.22. The molecule has 1 saturated heterocycles. The van der Waals surface area contributed by atoms with Crippen LogP contribution in [0.25, 0.3) is 0 Å². The van der Waals surface area contributed by atoms with E-state index in [1.54, 1.807) is 24.3 Å². The van der Waals surface area contributed by atoms with Crippen LogP contribution in [0.2, 0.25) is 5.02 Å². The largest absolute Gasteiger partial charge is 0.485 e. The summed E-state index contributed by atoms with van der Waals surface area (Å²) in [4.78, 5) is 12.6. The predicted molar refractivity (Wildman–Crippen MR) is 104 cm³/mol. The molecule has 2 heterocycles. The van der Waals surface area contributed by atoms with Gasteiger partial charge in [-0.05, 0) is 43.2 Å². The number of fused-ring (bicyclic) bond motifs is 1. The molecule has 2 aliphatic rings. The van der Waals surface area contributed by atoms with E-state index in [1.165, 1.54) is 16.4 Å². The van der Waals surface area contributed by atoms with Crippen LogP contribution in [0.4, 0.5) is 5.69 Å². The van der Waals surface area contributed by atoms with E-state index in [9.17, 15) is 13.2 Å². The molecule has 7 nitrogen and oxygen atoms in total. The zero-order chi connectivity index (χ0) is 19.7. The molecule has 2 aromatic rings. The van der Waals surface area contributed by atoms with E-state index in [0.29, 0.717) is 30.3 Å². The SMILES string of the molecule is O=C(Nc1ccc(Cl)c(S(=O)(=O)N2CCCC2)c1)[C@@H]1COc2ccccc2O1. The number of hydrogen-bond acceptors (Lipinski definition) is 5. The Labute approximate surface area is 168 Å². The van der Waals surface area contributed by atoms with E-state index >= 15 is 0 Å². The molecule has 1 amide bonds. The number of amides is 1. The minimum atomic E-state index is -3.70. The quantitative estimate of drug-likeness (QED) is 0.818. The topological polar surface area (TPSA) is 84.9 Å². The van der Waals surface area contributed by atoms with E-state index < -0.39 is 22.0 Å². The van der Waals surface area contributed by atoms with Crippen LogP contribution >= 0.6 is 11.6 Å². The Morgan fingerprint density at radius 1 is 1.11 bits per heavy atom. The van der Waals surface area contributed by atoms with Crippen molar-refractivity contribution in [3.05, 3.63) is 47.5 Å². The van der Waals surface area contributed by atoms with Crippen molar-refractivity contribution in [3.63, 3.8) is 0 Å². The average molecular weight is 423 g/mol. The summed E-state index contributed by atoms with van der Waals surface area (Å²) in [5, 5.41) is 2.81. The minimum Gasteiger partial charge on any atom is -0.485 e. The summed E-state index contributed by atoms with van der Waals surface area (Å²) in [6.45, 7) is 1.01. The minimum absolute atomic E-state index is 0.0139. The highest BCUT2D eigenvalue weighted by molar-refractivity contribution is 7.89. The van der Waals surface area contributed by atoms with Gasteiger partial charge >= 0.3 is 0 Å². The van der Waals surface area contributed by atoms with Gasteiger partial charge in [-0.15, -0.1) is 0 Å². The first kappa shape index (κ1) is 19.0. The number of nitrogens with one attached hydrogen (secondary N) is 1. The Morgan fingerprint density at radius 3 is 2.57 bits per heavy atom. The second-order valence-corrected chi connectivity index (χ2v) is 8.92. The first-order valence-corrected chi connectivity index (χ1v) is 10.8. The van der Waals surface area contributed by atoms with Gasteiger partial charge in [0.05, 0.1) is 5.02 Å². The molecule has 0 aliphatic carbocycles. The first-order valence-electron chi connectivity index (χ1n) is 8.94. The number of carbonyl (C=O) groups excluding carboxylic acids is 1. The molecule has 148 valence electrons.